The van der Waals surface area contributed by atoms with Gasteiger partial charge >= 0.3 is 5.69 Å². The third-order valence-electron chi connectivity index (χ3n) is 3.48. The zero-order chi connectivity index (χ0) is 14.0. The summed E-state index contributed by atoms with van der Waals surface area (Å²) in [5, 5.41) is 20.1. The van der Waals surface area contributed by atoms with E-state index in [0.29, 0.717) is 19.0 Å². The lowest BCUT2D eigenvalue weighted by molar-refractivity contribution is -0.384. The Balaban J connectivity index is 2.36. The van der Waals surface area contributed by atoms with Gasteiger partial charge in [-0.2, -0.15) is 5.26 Å². The van der Waals surface area contributed by atoms with Crippen LogP contribution < -0.4 is 10.6 Å². The molecular formula is C12H15N5O2. The van der Waals surface area contributed by atoms with E-state index in [-0.39, 0.29) is 23.1 Å². The summed E-state index contributed by atoms with van der Waals surface area (Å²) in [6, 6.07) is 3.25. The highest BCUT2D eigenvalue weighted by Crippen LogP contribution is 2.32. The Morgan fingerprint density at radius 1 is 1.74 bits per heavy atom. The molecule has 7 nitrogen and oxygen atoms in total. The third-order valence-corrected chi connectivity index (χ3v) is 3.48. The molecule has 0 radical (unpaired) electrons. The number of nitrogens with two attached hydrogens (primary N) is 1. The fourth-order valence-electron chi connectivity index (χ4n) is 2.35. The molecule has 2 atom stereocenters. The summed E-state index contributed by atoms with van der Waals surface area (Å²) in [6.45, 7) is 3.25. The first-order chi connectivity index (χ1) is 9.04. The molecule has 1 fully saturated rings. The molecule has 1 saturated heterocycles. The van der Waals surface area contributed by atoms with E-state index < -0.39 is 4.92 Å². The van der Waals surface area contributed by atoms with Gasteiger partial charge in [0.05, 0.1) is 4.92 Å². The Bertz CT molecular complexity index is 537. The van der Waals surface area contributed by atoms with Crippen LogP contribution in [0.1, 0.15) is 18.9 Å². The van der Waals surface area contributed by atoms with Crippen LogP contribution in [0.3, 0.4) is 0 Å². The van der Waals surface area contributed by atoms with Crippen molar-refractivity contribution >= 4 is 11.5 Å². The standard InChI is InChI=1S/C12H15N5O2/c1-8(14)10-3-5-16(7-10)12-11(17(18)19)9(6-13)2-4-15-12/h2,4,8,10H,3,5,7,14H2,1H3. The van der Waals surface area contributed by atoms with Gasteiger partial charge in [0.1, 0.15) is 11.6 Å². The summed E-state index contributed by atoms with van der Waals surface area (Å²) in [6.07, 6.45) is 2.31. The van der Waals surface area contributed by atoms with Gasteiger partial charge in [0.2, 0.25) is 5.82 Å². The Labute approximate surface area is 110 Å². The monoisotopic (exact) mass is 261 g/mol. The molecular weight excluding hydrogens is 246 g/mol. The molecule has 100 valence electrons. The average Bonchev–Trinajstić information content (AvgIpc) is 2.87. The molecule has 1 aromatic rings. The average molecular weight is 261 g/mol. The van der Waals surface area contributed by atoms with E-state index in [0.717, 1.165) is 6.42 Å². The Kier molecular flexibility index (Phi) is 3.62. The minimum atomic E-state index is -0.542. The van der Waals surface area contributed by atoms with Crippen LogP contribution in [0.5, 0.6) is 0 Å². The summed E-state index contributed by atoms with van der Waals surface area (Å²) in [5.41, 5.74) is 5.69. The molecule has 2 rings (SSSR count). The molecule has 0 aliphatic carbocycles. The fourth-order valence-corrected chi connectivity index (χ4v) is 2.35. The van der Waals surface area contributed by atoms with E-state index in [1.54, 1.807) is 0 Å². The molecule has 2 heterocycles. The van der Waals surface area contributed by atoms with E-state index in [4.69, 9.17) is 11.0 Å². The van der Waals surface area contributed by atoms with Crippen molar-refractivity contribution in [2.75, 3.05) is 18.0 Å². The molecule has 1 aliphatic heterocycles. The topological polar surface area (TPSA) is 109 Å². The highest BCUT2D eigenvalue weighted by atomic mass is 16.6. The van der Waals surface area contributed by atoms with Crippen molar-refractivity contribution in [2.24, 2.45) is 11.7 Å². The first-order valence-electron chi connectivity index (χ1n) is 6.08. The van der Waals surface area contributed by atoms with Gasteiger partial charge in [0.15, 0.2) is 0 Å². The van der Waals surface area contributed by atoms with Crippen molar-refractivity contribution in [1.82, 2.24) is 4.98 Å². The van der Waals surface area contributed by atoms with E-state index in [1.807, 2.05) is 17.9 Å². The minimum absolute atomic E-state index is 0.0410. The zero-order valence-corrected chi connectivity index (χ0v) is 10.6. The second-order valence-electron chi connectivity index (χ2n) is 4.75. The Hall–Kier alpha value is -2.20. The molecule has 0 saturated carbocycles. The van der Waals surface area contributed by atoms with Gasteiger partial charge in [0, 0.05) is 25.3 Å². The number of rotatable bonds is 3. The quantitative estimate of drug-likeness (QED) is 0.643. The van der Waals surface area contributed by atoms with Crippen LogP contribution in [0.4, 0.5) is 11.5 Å². The number of nitriles is 1. The van der Waals surface area contributed by atoms with Crippen LogP contribution in [0.25, 0.3) is 0 Å². The molecule has 1 aliphatic rings. The molecule has 0 amide bonds. The van der Waals surface area contributed by atoms with E-state index in [1.165, 1.54) is 12.3 Å². The molecule has 1 aromatic heterocycles. The molecule has 7 heteroatoms. The lowest BCUT2D eigenvalue weighted by Crippen LogP contribution is -2.30. The van der Waals surface area contributed by atoms with Crippen LogP contribution >= 0.6 is 0 Å². The lowest BCUT2D eigenvalue weighted by atomic mass is 10.0. The predicted molar refractivity (Wildman–Crippen MR) is 69.6 cm³/mol. The molecule has 2 unspecified atom stereocenters. The second-order valence-corrected chi connectivity index (χ2v) is 4.75. The molecule has 2 N–H and O–H groups in total. The van der Waals surface area contributed by atoms with Gasteiger partial charge in [-0.25, -0.2) is 4.98 Å². The number of hydrogen-bond donors (Lipinski definition) is 1. The fraction of sp³-hybridized carbons (Fsp3) is 0.500. The van der Waals surface area contributed by atoms with Crippen LogP contribution in [0.2, 0.25) is 0 Å². The van der Waals surface area contributed by atoms with Crippen molar-refractivity contribution in [3.63, 3.8) is 0 Å². The first-order valence-corrected chi connectivity index (χ1v) is 6.08. The molecule has 0 spiro atoms. The summed E-state index contributed by atoms with van der Waals surface area (Å²) < 4.78 is 0. The highest BCUT2D eigenvalue weighted by molar-refractivity contribution is 5.65. The largest absolute Gasteiger partial charge is 0.351 e. The van der Waals surface area contributed by atoms with Crippen LogP contribution in [-0.2, 0) is 0 Å². The normalized spacial score (nSPS) is 20.1. The van der Waals surface area contributed by atoms with Crippen molar-refractivity contribution in [2.45, 2.75) is 19.4 Å². The summed E-state index contributed by atoms with van der Waals surface area (Å²) in [4.78, 5) is 16.5. The van der Waals surface area contributed by atoms with E-state index in [9.17, 15) is 10.1 Å². The maximum absolute atomic E-state index is 11.1. The first kappa shape index (κ1) is 13.2. The van der Waals surface area contributed by atoms with Crippen molar-refractivity contribution in [3.8, 4) is 6.07 Å². The Morgan fingerprint density at radius 3 is 3.00 bits per heavy atom. The predicted octanol–water partition coefficient (Wildman–Crippen LogP) is 1.03. The smallest absolute Gasteiger partial charge is 0.329 e. The maximum atomic E-state index is 11.1. The van der Waals surface area contributed by atoms with Crippen LogP contribution in [0.15, 0.2) is 12.3 Å². The van der Waals surface area contributed by atoms with Gasteiger partial charge in [-0.05, 0) is 25.3 Å². The maximum Gasteiger partial charge on any atom is 0.329 e. The van der Waals surface area contributed by atoms with E-state index in [2.05, 4.69) is 4.98 Å². The van der Waals surface area contributed by atoms with Gasteiger partial charge in [-0.1, -0.05) is 0 Å². The molecule has 19 heavy (non-hydrogen) atoms. The number of nitro groups is 1. The van der Waals surface area contributed by atoms with Gasteiger partial charge in [0.25, 0.3) is 0 Å². The number of anilines is 1. The summed E-state index contributed by atoms with van der Waals surface area (Å²) in [5.74, 6) is 0.569. The zero-order valence-electron chi connectivity index (χ0n) is 10.6. The summed E-state index contributed by atoms with van der Waals surface area (Å²) >= 11 is 0. The van der Waals surface area contributed by atoms with Crippen molar-refractivity contribution in [3.05, 3.63) is 27.9 Å². The number of pyridine rings is 1. The SMILES string of the molecule is CC(N)C1CCN(c2nccc(C#N)c2[N+](=O)[O-])C1. The molecule has 0 aromatic carbocycles. The second kappa shape index (κ2) is 5.20. The highest BCUT2D eigenvalue weighted by Gasteiger charge is 2.32. The Morgan fingerprint density at radius 2 is 2.47 bits per heavy atom. The minimum Gasteiger partial charge on any atom is -0.351 e. The summed E-state index contributed by atoms with van der Waals surface area (Å²) in [7, 11) is 0. The molecule has 0 bridgehead atoms. The number of aromatic nitrogens is 1. The van der Waals surface area contributed by atoms with Crippen molar-refractivity contribution < 1.29 is 4.92 Å². The van der Waals surface area contributed by atoms with Gasteiger partial charge < -0.3 is 10.6 Å². The number of hydrogen-bond acceptors (Lipinski definition) is 6. The lowest BCUT2D eigenvalue weighted by Gasteiger charge is -2.18. The number of nitrogens with zero attached hydrogens (tertiary/aromatic N) is 4. The van der Waals surface area contributed by atoms with Crippen LogP contribution in [0, 0.1) is 27.4 Å². The third kappa shape index (κ3) is 2.48. The van der Waals surface area contributed by atoms with Gasteiger partial charge in [-0.15, -0.1) is 0 Å². The van der Waals surface area contributed by atoms with Gasteiger partial charge in [-0.3, -0.25) is 10.1 Å². The van der Waals surface area contributed by atoms with Crippen molar-refractivity contribution in [1.29, 1.82) is 5.26 Å². The van der Waals surface area contributed by atoms with Crippen LogP contribution in [-0.4, -0.2) is 29.0 Å². The van der Waals surface area contributed by atoms with E-state index >= 15 is 0 Å².